The number of halogens is 1. The van der Waals surface area contributed by atoms with Gasteiger partial charge in [-0.15, -0.1) is 0 Å². The number of benzene rings is 2. The van der Waals surface area contributed by atoms with E-state index in [4.69, 9.17) is 17.3 Å². The minimum atomic E-state index is -0.0433. The zero-order valence-corrected chi connectivity index (χ0v) is 13.0. The lowest BCUT2D eigenvalue weighted by Crippen LogP contribution is -2.17. The molecule has 0 aliphatic heterocycles. The molecular formula is C17H21ClN2. The standard InChI is InChI=1S/C17H21ClN2/c1-12-6-4-5-7-14(12)11-20(3)15-8-9-16(13(2)19)17(18)10-15/h4-10,13H,11,19H2,1-3H3. The molecule has 0 heterocycles. The molecule has 0 aliphatic rings. The molecule has 0 aromatic heterocycles. The van der Waals surface area contributed by atoms with Crippen molar-refractivity contribution in [1.29, 1.82) is 0 Å². The van der Waals surface area contributed by atoms with Crippen LogP contribution in [0.1, 0.15) is 29.7 Å². The molecule has 2 N–H and O–H groups in total. The number of hydrogen-bond acceptors (Lipinski definition) is 2. The molecular weight excluding hydrogens is 268 g/mol. The van der Waals surface area contributed by atoms with Crippen LogP contribution < -0.4 is 10.6 Å². The highest BCUT2D eigenvalue weighted by Gasteiger charge is 2.09. The van der Waals surface area contributed by atoms with Gasteiger partial charge < -0.3 is 10.6 Å². The van der Waals surface area contributed by atoms with Crippen molar-refractivity contribution in [2.75, 3.05) is 11.9 Å². The lowest BCUT2D eigenvalue weighted by molar-refractivity contribution is 0.817. The average Bonchev–Trinajstić information content (AvgIpc) is 2.40. The van der Waals surface area contributed by atoms with Crippen LogP contribution in [0.15, 0.2) is 42.5 Å². The Labute approximate surface area is 126 Å². The molecule has 0 amide bonds. The first-order chi connectivity index (χ1) is 9.49. The fraction of sp³-hybridized carbons (Fsp3) is 0.294. The van der Waals surface area contributed by atoms with Crippen molar-refractivity contribution < 1.29 is 0 Å². The Bertz CT molecular complexity index is 593. The maximum Gasteiger partial charge on any atom is 0.0474 e. The minimum absolute atomic E-state index is 0.0433. The smallest absolute Gasteiger partial charge is 0.0474 e. The Kier molecular flexibility index (Phi) is 4.69. The number of nitrogens with two attached hydrogens (primary N) is 1. The first-order valence-electron chi connectivity index (χ1n) is 6.79. The van der Waals surface area contributed by atoms with Gasteiger partial charge in [0.2, 0.25) is 0 Å². The van der Waals surface area contributed by atoms with Crippen molar-refractivity contribution in [2.24, 2.45) is 5.73 Å². The van der Waals surface area contributed by atoms with E-state index in [0.29, 0.717) is 0 Å². The summed E-state index contributed by atoms with van der Waals surface area (Å²) < 4.78 is 0. The summed E-state index contributed by atoms with van der Waals surface area (Å²) in [6.07, 6.45) is 0. The number of nitrogens with zero attached hydrogens (tertiary/aromatic N) is 1. The molecule has 3 heteroatoms. The Hall–Kier alpha value is -1.51. The van der Waals surface area contributed by atoms with Gasteiger partial charge in [0.05, 0.1) is 0 Å². The van der Waals surface area contributed by atoms with Crippen LogP contribution in [-0.4, -0.2) is 7.05 Å². The molecule has 1 unspecified atom stereocenters. The predicted molar refractivity (Wildman–Crippen MR) is 87.3 cm³/mol. The summed E-state index contributed by atoms with van der Waals surface area (Å²) >= 11 is 6.30. The van der Waals surface area contributed by atoms with E-state index in [0.717, 1.165) is 22.8 Å². The van der Waals surface area contributed by atoms with Gasteiger partial charge in [-0.05, 0) is 42.7 Å². The SMILES string of the molecule is Cc1ccccc1CN(C)c1ccc(C(C)N)c(Cl)c1. The highest BCUT2D eigenvalue weighted by atomic mass is 35.5. The number of aryl methyl sites for hydroxylation is 1. The van der Waals surface area contributed by atoms with Gasteiger partial charge in [-0.1, -0.05) is 41.9 Å². The third-order valence-corrected chi connectivity index (χ3v) is 3.91. The van der Waals surface area contributed by atoms with Gasteiger partial charge >= 0.3 is 0 Å². The quantitative estimate of drug-likeness (QED) is 0.908. The summed E-state index contributed by atoms with van der Waals surface area (Å²) in [7, 11) is 2.07. The van der Waals surface area contributed by atoms with Crippen molar-refractivity contribution in [3.05, 3.63) is 64.2 Å². The second-order valence-electron chi connectivity index (χ2n) is 5.28. The number of hydrogen-bond donors (Lipinski definition) is 1. The maximum absolute atomic E-state index is 6.30. The van der Waals surface area contributed by atoms with Gasteiger partial charge in [0.25, 0.3) is 0 Å². The molecule has 0 aliphatic carbocycles. The monoisotopic (exact) mass is 288 g/mol. The fourth-order valence-corrected chi connectivity index (χ4v) is 2.60. The summed E-state index contributed by atoms with van der Waals surface area (Å²) in [6, 6.07) is 14.4. The number of anilines is 1. The predicted octanol–water partition coefficient (Wildman–Crippen LogP) is 4.30. The highest BCUT2D eigenvalue weighted by Crippen LogP contribution is 2.27. The van der Waals surface area contributed by atoms with Crippen LogP contribution in [0, 0.1) is 6.92 Å². The molecule has 2 aromatic carbocycles. The van der Waals surface area contributed by atoms with Crippen LogP contribution in [0.4, 0.5) is 5.69 Å². The first kappa shape index (κ1) is 14.9. The van der Waals surface area contributed by atoms with Crippen molar-refractivity contribution >= 4 is 17.3 Å². The van der Waals surface area contributed by atoms with Crippen LogP contribution in [0.2, 0.25) is 5.02 Å². The van der Waals surface area contributed by atoms with Gasteiger partial charge in [-0.3, -0.25) is 0 Å². The molecule has 0 spiro atoms. The Balaban J connectivity index is 2.20. The van der Waals surface area contributed by atoms with Gasteiger partial charge in [0.1, 0.15) is 0 Å². The molecule has 0 saturated heterocycles. The fourth-order valence-electron chi connectivity index (χ4n) is 2.26. The van der Waals surface area contributed by atoms with Crippen molar-refractivity contribution in [1.82, 2.24) is 0 Å². The second-order valence-corrected chi connectivity index (χ2v) is 5.68. The second kappa shape index (κ2) is 6.29. The third-order valence-electron chi connectivity index (χ3n) is 3.58. The van der Waals surface area contributed by atoms with Crippen LogP contribution in [0.5, 0.6) is 0 Å². The van der Waals surface area contributed by atoms with Crippen LogP contribution in [-0.2, 0) is 6.54 Å². The molecule has 20 heavy (non-hydrogen) atoms. The van der Waals surface area contributed by atoms with Gasteiger partial charge in [0, 0.05) is 30.3 Å². The zero-order chi connectivity index (χ0) is 14.7. The highest BCUT2D eigenvalue weighted by molar-refractivity contribution is 6.31. The van der Waals surface area contributed by atoms with Crippen molar-refractivity contribution in [2.45, 2.75) is 26.4 Å². The molecule has 0 fully saturated rings. The van der Waals surface area contributed by atoms with E-state index in [9.17, 15) is 0 Å². The maximum atomic E-state index is 6.30. The molecule has 1 atom stereocenters. The Morgan fingerprint density at radius 1 is 1.20 bits per heavy atom. The molecule has 2 aromatic rings. The molecule has 106 valence electrons. The summed E-state index contributed by atoms with van der Waals surface area (Å²) in [5.74, 6) is 0. The van der Waals surface area contributed by atoms with Crippen molar-refractivity contribution in [3.8, 4) is 0 Å². The summed E-state index contributed by atoms with van der Waals surface area (Å²) in [5, 5.41) is 0.731. The molecule has 2 rings (SSSR count). The lowest BCUT2D eigenvalue weighted by atomic mass is 10.1. The summed E-state index contributed by atoms with van der Waals surface area (Å²) in [5.41, 5.74) is 10.6. The molecule has 0 saturated carbocycles. The summed E-state index contributed by atoms with van der Waals surface area (Å²) in [4.78, 5) is 2.19. The first-order valence-corrected chi connectivity index (χ1v) is 7.17. The largest absolute Gasteiger partial charge is 0.370 e. The van der Waals surface area contributed by atoms with E-state index >= 15 is 0 Å². The van der Waals surface area contributed by atoms with Gasteiger partial charge in [-0.2, -0.15) is 0 Å². The average molecular weight is 289 g/mol. The summed E-state index contributed by atoms with van der Waals surface area (Å²) in [6.45, 7) is 4.94. The number of rotatable bonds is 4. The van der Waals surface area contributed by atoms with Crippen LogP contribution in [0.3, 0.4) is 0 Å². The van der Waals surface area contributed by atoms with E-state index in [1.54, 1.807) is 0 Å². The van der Waals surface area contributed by atoms with Crippen LogP contribution in [0.25, 0.3) is 0 Å². The van der Waals surface area contributed by atoms with E-state index in [2.05, 4.69) is 49.2 Å². The zero-order valence-electron chi connectivity index (χ0n) is 12.2. The van der Waals surface area contributed by atoms with Crippen LogP contribution >= 0.6 is 11.6 Å². The molecule has 0 radical (unpaired) electrons. The molecule has 0 bridgehead atoms. The van der Waals surface area contributed by atoms with E-state index in [1.165, 1.54) is 11.1 Å². The Morgan fingerprint density at radius 3 is 2.50 bits per heavy atom. The molecule has 2 nitrogen and oxygen atoms in total. The minimum Gasteiger partial charge on any atom is -0.370 e. The van der Waals surface area contributed by atoms with Gasteiger partial charge in [-0.25, -0.2) is 0 Å². The van der Waals surface area contributed by atoms with E-state index in [1.807, 2.05) is 19.1 Å². The lowest BCUT2D eigenvalue weighted by Gasteiger charge is -2.22. The third kappa shape index (κ3) is 3.33. The Morgan fingerprint density at radius 2 is 1.90 bits per heavy atom. The van der Waals surface area contributed by atoms with Gasteiger partial charge in [0.15, 0.2) is 0 Å². The normalized spacial score (nSPS) is 12.2. The van der Waals surface area contributed by atoms with E-state index < -0.39 is 0 Å². The van der Waals surface area contributed by atoms with Crippen molar-refractivity contribution in [3.63, 3.8) is 0 Å². The topological polar surface area (TPSA) is 29.3 Å². The van der Waals surface area contributed by atoms with E-state index in [-0.39, 0.29) is 6.04 Å².